The Balaban J connectivity index is 1.09. The molecule has 5 N–H and O–H groups in total. The van der Waals surface area contributed by atoms with Gasteiger partial charge in [0.15, 0.2) is 52.1 Å². The van der Waals surface area contributed by atoms with Crippen LogP contribution in [0.1, 0.15) is 71.6 Å². The highest BCUT2D eigenvalue weighted by atomic mass is 32.1. The van der Waals surface area contributed by atoms with Gasteiger partial charge in [0, 0.05) is 6.07 Å². The summed E-state index contributed by atoms with van der Waals surface area (Å²) in [5.74, 6) is -0.334. The number of esters is 1. The Bertz CT molecular complexity index is 3040. The molecule has 0 unspecified atom stereocenters. The number of thiazole rings is 2. The summed E-state index contributed by atoms with van der Waals surface area (Å²) in [5, 5.41) is 47.4. The topological polar surface area (TPSA) is 288 Å². The number of ketones is 1. The fourth-order valence-corrected chi connectivity index (χ4v) is 8.74. The van der Waals surface area contributed by atoms with Gasteiger partial charge in [0.05, 0.1) is 56.9 Å². The van der Waals surface area contributed by atoms with Crippen LogP contribution in [0.25, 0.3) is 42.3 Å². The van der Waals surface area contributed by atoms with E-state index in [-0.39, 0.29) is 57.4 Å². The van der Waals surface area contributed by atoms with Crippen molar-refractivity contribution in [2.24, 2.45) is 20.5 Å². The first kappa shape index (κ1) is 43.3. The number of anilines is 2. The lowest BCUT2D eigenvalue weighted by Gasteiger charge is -2.06. The number of carbonyl (C=O) groups excluding carboxylic acids is 2. The number of benzene rings is 2. The van der Waals surface area contributed by atoms with E-state index in [9.17, 15) is 14.7 Å². The zero-order valence-corrected chi connectivity index (χ0v) is 37.3. The molecule has 9 aromatic rings. The number of ether oxygens (including phenoxy) is 1. The minimum Gasteiger partial charge on any atom is -0.465 e. The number of aromatic nitrogens is 12. The molecule has 0 spiro atoms. The van der Waals surface area contributed by atoms with Crippen molar-refractivity contribution in [1.29, 1.82) is 0 Å². The number of Topliss-reactive ketones (excluding diaryl/α,β-unsaturated/α-hetero) is 1. The normalized spacial score (nSPS) is 11.9. The number of nitrogens with zero attached hydrogens (tertiary/aromatic N) is 16. The number of methoxy groups -OCH3 is 1. The summed E-state index contributed by atoms with van der Waals surface area (Å²) in [6.07, 6.45) is 8.26. The highest BCUT2D eigenvalue weighted by Gasteiger charge is 2.26. The van der Waals surface area contributed by atoms with Crippen LogP contribution in [0.4, 0.5) is 34.6 Å². The van der Waals surface area contributed by atoms with Gasteiger partial charge >= 0.3 is 5.97 Å². The Kier molecular flexibility index (Phi) is 12.2. The van der Waals surface area contributed by atoms with Gasteiger partial charge in [0.2, 0.25) is 10.3 Å². The third-order valence-corrected chi connectivity index (χ3v) is 12.3. The molecule has 9 rings (SSSR count). The molecule has 0 aliphatic heterocycles. The van der Waals surface area contributed by atoms with Crippen molar-refractivity contribution >= 4 is 89.5 Å². The second-order valence-corrected chi connectivity index (χ2v) is 16.6. The third kappa shape index (κ3) is 8.18. The van der Waals surface area contributed by atoms with Gasteiger partial charge < -0.3 is 21.3 Å². The molecule has 7 heterocycles. The number of rotatable bonds is 17. The second kappa shape index (κ2) is 18.6. The first-order chi connectivity index (χ1) is 32.2. The van der Waals surface area contributed by atoms with E-state index in [1.807, 2.05) is 55.5 Å². The number of nitrogen functional groups attached to an aromatic ring is 2. The SMILES string of the molecule is CCCCc1nn(-c2cc(-n3nc(CCCC)c(N=Nc4c(C(=O)OC)cnn4-c4nc5ccccc5s4)c3N)ncn2)c(N)c1N=Nc1c(C(=O)CO)cnn1-c1nc2ccccc2s1. The van der Waals surface area contributed by atoms with Crippen LogP contribution in [0.3, 0.4) is 0 Å². The number of nitrogens with two attached hydrogens (primary N) is 2. The van der Waals surface area contributed by atoms with Crippen LogP contribution >= 0.6 is 22.7 Å². The first-order valence-corrected chi connectivity index (χ1v) is 22.4. The number of unbranched alkanes of at least 4 members (excludes halogenated alkanes) is 2. The van der Waals surface area contributed by atoms with Gasteiger partial charge in [-0.15, -0.1) is 20.5 Å². The van der Waals surface area contributed by atoms with E-state index in [0.717, 1.165) is 46.1 Å². The standard InChI is InChI=1S/C42H40N18O4S2/c1-4-6-12-27-34(51-53-38-23(29(62)21-61)19-47-59(38)41-49-25-14-8-10-16-30(25)65-41)36(43)57(55-27)32-18-33(46-22-45-32)58-37(44)35(28(56-58)13-7-5-2)52-54-39-24(40(63)64-3)20-48-60(39)42-50-26-15-9-11-17-31(26)66-42/h8-11,14-20,22,61H,4-7,12-13,21,43-44H2,1-3H3. The Labute approximate surface area is 382 Å². The second-order valence-electron chi connectivity index (χ2n) is 14.6. The maximum Gasteiger partial charge on any atom is 0.343 e. The highest BCUT2D eigenvalue weighted by molar-refractivity contribution is 7.21. The molecule has 0 saturated heterocycles. The summed E-state index contributed by atoms with van der Waals surface area (Å²) < 4.78 is 12.6. The molecule has 0 radical (unpaired) electrons. The van der Waals surface area contributed by atoms with Crippen molar-refractivity contribution in [3.8, 4) is 21.9 Å². The average Bonchev–Trinajstić information content (AvgIpc) is 4.21. The largest absolute Gasteiger partial charge is 0.465 e. The van der Waals surface area contributed by atoms with Gasteiger partial charge in [-0.05, 0) is 49.9 Å². The number of hydrogen-bond acceptors (Lipinski definition) is 20. The fraction of sp³-hybridized carbons (Fsp3) is 0.238. The molecule has 24 heteroatoms. The van der Waals surface area contributed by atoms with Crippen LogP contribution in [0.2, 0.25) is 0 Å². The average molecular weight is 925 g/mol. The van der Waals surface area contributed by atoms with Crippen molar-refractivity contribution < 1.29 is 19.4 Å². The maximum atomic E-state index is 12.9. The number of para-hydroxylation sites is 2. The number of carbonyl (C=O) groups is 2. The number of fused-ring (bicyclic) bond motifs is 2. The molecule has 66 heavy (non-hydrogen) atoms. The Morgan fingerprint density at radius 3 is 1.65 bits per heavy atom. The first-order valence-electron chi connectivity index (χ1n) is 20.7. The molecular weight excluding hydrogens is 885 g/mol. The molecule has 7 aromatic heterocycles. The molecule has 2 aromatic carbocycles. The lowest BCUT2D eigenvalue weighted by Crippen LogP contribution is -2.09. The molecule has 0 saturated carbocycles. The van der Waals surface area contributed by atoms with Crippen LogP contribution in [-0.4, -0.2) is 89.6 Å². The Hall–Kier alpha value is -7.96. The zero-order valence-electron chi connectivity index (χ0n) is 35.7. The van der Waals surface area contributed by atoms with E-state index in [2.05, 4.69) is 52.5 Å². The smallest absolute Gasteiger partial charge is 0.343 e. The molecule has 22 nitrogen and oxygen atoms in total. The van der Waals surface area contributed by atoms with E-state index in [1.165, 1.54) is 67.2 Å². The summed E-state index contributed by atoms with van der Waals surface area (Å²) in [6.45, 7) is 3.34. The number of aliphatic hydroxyl groups is 1. The fourth-order valence-electron chi connectivity index (χ4n) is 6.89. The van der Waals surface area contributed by atoms with Gasteiger partial charge in [-0.2, -0.15) is 39.1 Å². The van der Waals surface area contributed by atoms with Crippen molar-refractivity contribution in [2.45, 2.75) is 52.4 Å². The summed E-state index contributed by atoms with van der Waals surface area (Å²) in [7, 11) is 1.27. The molecule has 0 fully saturated rings. The van der Waals surface area contributed by atoms with E-state index in [4.69, 9.17) is 31.4 Å². The quantitative estimate of drug-likeness (QED) is 0.0442. The lowest BCUT2D eigenvalue weighted by molar-refractivity contribution is 0.0601. The summed E-state index contributed by atoms with van der Waals surface area (Å²) >= 11 is 2.73. The minimum atomic E-state index is -0.760. The van der Waals surface area contributed by atoms with Crippen LogP contribution in [0.15, 0.2) is 93.8 Å². The van der Waals surface area contributed by atoms with Crippen LogP contribution in [0, 0.1) is 0 Å². The number of azo groups is 2. The van der Waals surface area contributed by atoms with Gasteiger partial charge in [0.25, 0.3) is 0 Å². The van der Waals surface area contributed by atoms with Gasteiger partial charge in [-0.3, -0.25) is 4.79 Å². The number of aryl methyl sites for hydroxylation is 2. The van der Waals surface area contributed by atoms with E-state index >= 15 is 0 Å². The van der Waals surface area contributed by atoms with Crippen molar-refractivity contribution in [3.05, 3.63) is 95.8 Å². The van der Waals surface area contributed by atoms with E-state index in [0.29, 0.717) is 34.5 Å². The van der Waals surface area contributed by atoms with E-state index < -0.39 is 18.4 Å². The minimum absolute atomic E-state index is 0.0544. The summed E-state index contributed by atoms with van der Waals surface area (Å²) in [5.41, 5.74) is 16.8. The predicted octanol–water partition coefficient (Wildman–Crippen LogP) is 8.08. The zero-order chi connectivity index (χ0) is 45.9. The predicted molar refractivity (Wildman–Crippen MR) is 247 cm³/mol. The van der Waals surface area contributed by atoms with Crippen LogP contribution in [-0.2, 0) is 17.6 Å². The Morgan fingerprint density at radius 1 is 0.697 bits per heavy atom. The molecule has 0 aliphatic rings. The summed E-state index contributed by atoms with van der Waals surface area (Å²) in [4.78, 5) is 44.1. The van der Waals surface area contributed by atoms with E-state index in [1.54, 1.807) is 6.07 Å². The van der Waals surface area contributed by atoms with Gasteiger partial charge in [-0.1, -0.05) is 73.6 Å². The van der Waals surface area contributed by atoms with Crippen LogP contribution < -0.4 is 11.5 Å². The monoisotopic (exact) mass is 924 g/mol. The number of aliphatic hydroxyl groups excluding tert-OH is 1. The molecule has 0 aliphatic carbocycles. The molecular formula is C42H40N18O4S2. The van der Waals surface area contributed by atoms with Crippen molar-refractivity contribution in [1.82, 2.24) is 59.1 Å². The van der Waals surface area contributed by atoms with Crippen molar-refractivity contribution in [3.63, 3.8) is 0 Å². The lowest BCUT2D eigenvalue weighted by atomic mass is 10.2. The Morgan fingerprint density at radius 2 is 1.18 bits per heavy atom. The van der Waals surface area contributed by atoms with Gasteiger partial charge in [0.1, 0.15) is 18.5 Å². The molecule has 0 amide bonds. The van der Waals surface area contributed by atoms with Crippen molar-refractivity contribution in [2.75, 3.05) is 25.2 Å². The van der Waals surface area contributed by atoms with Crippen LogP contribution in [0.5, 0.6) is 0 Å². The third-order valence-electron chi connectivity index (χ3n) is 10.3. The molecule has 0 bridgehead atoms. The maximum absolute atomic E-state index is 12.9. The summed E-state index contributed by atoms with van der Waals surface area (Å²) in [6, 6.07) is 16.8. The van der Waals surface area contributed by atoms with Gasteiger partial charge in [-0.25, -0.2) is 24.7 Å². The highest BCUT2D eigenvalue weighted by Crippen LogP contribution is 2.37. The number of hydrogen-bond donors (Lipinski definition) is 3. The molecule has 0 atom stereocenters. The molecule has 334 valence electrons.